The largest absolute Gasteiger partial charge is 0.490 e. The summed E-state index contributed by atoms with van der Waals surface area (Å²) in [5, 5.41) is 0. The minimum Gasteiger partial charge on any atom is -0.490 e. The molecule has 3 aliphatic heterocycles. The van der Waals surface area contributed by atoms with Crippen molar-refractivity contribution in [3.05, 3.63) is 59.2 Å². The average molecular weight is 377 g/mol. The lowest BCUT2D eigenvalue weighted by Crippen LogP contribution is -2.48. The summed E-state index contributed by atoms with van der Waals surface area (Å²) in [4.78, 5) is 17.6. The van der Waals surface area contributed by atoms with E-state index in [-0.39, 0.29) is 5.78 Å². The van der Waals surface area contributed by atoms with E-state index in [9.17, 15) is 4.79 Å². The standard InChI is InChI=1S/C24H28N2O2/c1-17-7-9-18(10-8-17)22(27)5-3-12-25-13-11-21-20(16-25)19-4-2-6-23-24(19)26(21)14-15-28-23/h2,4,6-10,20-21H,3,5,11-16H2,1H3. The van der Waals surface area contributed by atoms with Gasteiger partial charge in [-0.1, -0.05) is 42.0 Å². The van der Waals surface area contributed by atoms with E-state index in [2.05, 4.69) is 34.9 Å². The van der Waals surface area contributed by atoms with E-state index < -0.39 is 0 Å². The average Bonchev–Trinajstić information content (AvgIpc) is 3.04. The summed E-state index contributed by atoms with van der Waals surface area (Å²) in [7, 11) is 0. The number of carbonyl (C=O) groups excluding carboxylic acids is 1. The van der Waals surface area contributed by atoms with Crippen LogP contribution in [0.15, 0.2) is 42.5 Å². The fourth-order valence-corrected chi connectivity index (χ4v) is 5.20. The summed E-state index contributed by atoms with van der Waals surface area (Å²) in [5.74, 6) is 1.89. The van der Waals surface area contributed by atoms with E-state index in [1.807, 2.05) is 24.3 Å². The van der Waals surface area contributed by atoms with E-state index in [1.54, 1.807) is 0 Å². The van der Waals surface area contributed by atoms with Gasteiger partial charge in [-0.25, -0.2) is 0 Å². The molecule has 0 amide bonds. The molecular formula is C24H28N2O2. The number of carbonyl (C=O) groups is 1. The predicted molar refractivity (Wildman–Crippen MR) is 112 cm³/mol. The van der Waals surface area contributed by atoms with Gasteiger partial charge in [0.1, 0.15) is 12.4 Å². The van der Waals surface area contributed by atoms with Crippen molar-refractivity contribution in [2.75, 3.05) is 37.7 Å². The van der Waals surface area contributed by atoms with Gasteiger partial charge in [0.05, 0.1) is 12.2 Å². The first-order valence-electron chi connectivity index (χ1n) is 10.6. The van der Waals surface area contributed by atoms with E-state index in [4.69, 9.17) is 4.74 Å². The number of nitrogens with zero attached hydrogens (tertiary/aromatic N) is 2. The van der Waals surface area contributed by atoms with Gasteiger partial charge in [-0.2, -0.15) is 0 Å². The van der Waals surface area contributed by atoms with Crippen LogP contribution in [0.4, 0.5) is 5.69 Å². The molecule has 5 rings (SSSR count). The van der Waals surface area contributed by atoms with E-state index in [0.29, 0.717) is 18.4 Å². The van der Waals surface area contributed by atoms with E-state index >= 15 is 0 Å². The Morgan fingerprint density at radius 3 is 2.86 bits per heavy atom. The van der Waals surface area contributed by atoms with Gasteiger partial charge in [0.2, 0.25) is 0 Å². The molecule has 0 spiro atoms. The van der Waals surface area contributed by atoms with Gasteiger partial charge < -0.3 is 14.5 Å². The molecule has 0 aromatic heterocycles. The highest BCUT2D eigenvalue weighted by Gasteiger charge is 2.44. The van der Waals surface area contributed by atoms with Gasteiger partial charge >= 0.3 is 0 Å². The topological polar surface area (TPSA) is 32.8 Å². The SMILES string of the molecule is Cc1ccc(C(=O)CCCN2CCC3C(C2)c2cccc4c2N3CCO4)cc1. The van der Waals surface area contributed by atoms with Crippen LogP contribution in [0.5, 0.6) is 5.75 Å². The van der Waals surface area contributed by atoms with Crippen molar-refractivity contribution >= 4 is 11.5 Å². The third kappa shape index (κ3) is 3.10. The van der Waals surface area contributed by atoms with Crippen LogP contribution in [0.2, 0.25) is 0 Å². The summed E-state index contributed by atoms with van der Waals surface area (Å²) in [6.07, 6.45) is 2.77. The first kappa shape index (κ1) is 17.7. The third-order valence-electron chi connectivity index (χ3n) is 6.62. The number of piperidine rings is 1. The van der Waals surface area contributed by atoms with Crippen molar-refractivity contribution < 1.29 is 9.53 Å². The Hall–Kier alpha value is -2.33. The Kier molecular flexibility index (Phi) is 4.59. The smallest absolute Gasteiger partial charge is 0.162 e. The Bertz CT molecular complexity index is 877. The quantitative estimate of drug-likeness (QED) is 0.738. The monoisotopic (exact) mass is 376 g/mol. The van der Waals surface area contributed by atoms with Crippen molar-refractivity contribution in [2.45, 2.75) is 38.1 Å². The van der Waals surface area contributed by atoms with Crippen LogP contribution >= 0.6 is 0 Å². The number of aryl methyl sites for hydroxylation is 1. The van der Waals surface area contributed by atoms with E-state index in [1.165, 1.54) is 23.2 Å². The van der Waals surface area contributed by atoms with Crippen LogP contribution in [0, 0.1) is 6.92 Å². The number of likely N-dealkylation sites (tertiary alicyclic amines) is 1. The van der Waals surface area contributed by atoms with Gasteiger partial charge in [-0.15, -0.1) is 0 Å². The first-order valence-corrected chi connectivity index (χ1v) is 10.6. The summed E-state index contributed by atoms with van der Waals surface area (Å²) in [6.45, 7) is 7.08. The Morgan fingerprint density at radius 1 is 1.14 bits per heavy atom. The minimum atomic E-state index is 0.264. The van der Waals surface area contributed by atoms with Crippen LogP contribution in [0.25, 0.3) is 0 Å². The number of benzene rings is 2. The zero-order valence-electron chi connectivity index (χ0n) is 16.6. The molecule has 3 aliphatic rings. The number of fused-ring (bicyclic) bond motifs is 3. The molecular weight excluding hydrogens is 348 g/mol. The summed E-state index contributed by atoms with van der Waals surface area (Å²) >= 11 is 0. The molecule has 2 aromatic carbocycles. The Labute approximate surface area is 167 Å². The molecule has 4 nitrogen and oxygen atoms in total. The highest BCUT2D eigenvalue weighted by molar-refractivity contribution is 5.96. The Morgan fingerprint density at radius 2 is 2.00 bits per heavy atom. The normalized spacial score (nSPS) is 23.1. The number of ketones is 1. The molecule has 0 radical (unpaired) electrons. The lowest BCUT2D eigenvalue weighted by Gasteiger charge is -2.40. The number of hydrogen-bond acceptors (Lipinski definition) is 4. The molecule has 2 aromatic rings. The lowest BCUT2D eigenvalue weighted by molar-refractivity contribution is 0.0971. The molecule has 146 valence electrons. The molecule has 3 heterocycles. The van der Waals surface area contributed by atoms with Crippen molar-refractivity contribution in [1.82, 2.24) is 4.90 Å². The van der Waals surface area contributed by atoms with Crippen LogP contribution in [0.1, 0.15) is 46.7 Å². The number of para-hydroxylation sites is 1. The highest BCUT2D eigenvalue weighted by atomic mass is 16.5. The highest BCUT2D eigenvalue weighted by Crippen LogP contribution is 2.50. The molecule has 0 bridgehead atoms. The van der Waals surface area contributed by atoms with Gasteiger partial charge in [0.25, 0.3) is 0 Å². The van der Waals surface area contributed by atoms with Crippen LogP contribution < -0.4 is 9.64 Å². The fraction of sp³-hybridized carbons (Fsp3) is 0.458. The molecule has 0 saturated carbocycles. The number of ether oxygens (including phenoxy) is 1. The number of rotatable bonds is 5. The maximum atomic E-state index is 12.4. The van der Waals surface area contributed by atoms with Crippen LogP contribution in [-0.4, -0.2) is 49.5 Å². The number of Topliss-reactive ketones (excluding diaryl/α,β-unsaturated/α-hetero) is 1. The molecule has 0 aliphatic carbocycles. The van der Waals surface area contributed by atoms with E-state index in [0.717, 1.165) is 50.5 Å². The van der Waals surface area contributed by atoms with Crippen LogP contribution in [0.3, 0.4) is 0 Å². The van der Waals surface area contributed by atoms with Gasteiger partial charge in [0, 0.05) is 37.0 Å². The second kappa shape index (κ2) is 7.25. The first-order chi connectivity index (χ1) is 13.7. The van der Waals surface area contributed by atoms with Crippen LogP contribution in [-0.2, 0) is 0 Å². The molecule has 1 fully saturated rings. The second-order valence-corrected chi connectivity index (χ2v) is 8.39. The summed E-state index contributed by atoms with van der Waals surface area (Å²) in [5.41, 5.74) is 4.85. The van der Waals surface area contributed by atoms with Crippen molar-refractivity contribution in [3.8, 4) is 5.75 Å². The van der Waals surface area contributed by atoms with Crippen molar-refractivity contribution in [2.24, 2.45) is 0 Å². The van der Waals surface area contributed by atoms with Gasteiger partial charge in [-0.05, 0) is 37.9 Å². The predicted octanol–water partition coefficient (Wildman–Crippen LogP) is 4.03. The van der Waals surface area contributed by atoms with Gasteiger partial charge in [-0.3, -0.25) is 4.79 Å². The number of anilines is 1. The van der Waals surface area contributed by atoms with Crippen molar-refractivity contribution in [3.63, 3.8) is 0 Å². The third-order valence-corrected chi connectivity index (χ3v) is 6.62. The molecule has 2 unspecified atom stereocenters. The van der Waals surface area contributed by atoms with Crippen molar-refractivity contribution in [1.29, 1.82) is 0 Å². The second-order valence-electron chi connectivity index (χ2n) is 8.39. The molecule has 4 heteroatoms. The maximum Gasteiger partial charge on any atom is 0.162 e. The lowest BCUT2D eigenvalue weighted by atomic mass is 9.89. The Balaban J connectivity index is 1.20. The summed E-state index contributed by atoms with van der Waals surface area (Å²) in [6, 6.07) is 15.1. The molecule has 2 atom stereocenters. The zero-order chi connectivity index (χ0) is 19.1. The molecule has 0 N–H and O–H groups in total. The summed E-state index contributed by atoms with van der Waals surface area (Å²) < 4.78 is 5.90. The maximum absolute atomic E-state index is 12.4. The fourth-order valence-electron chi connectivity index (χ4n) is 5.20. The molecule has 28 heavy (non-hydrogen) atoms. The number of hydrogen-bond donors (Lipinski definition) is 0. The minimum absolute atomic E-state index is 0.264. The zero-order valence-corrected chi connectivity index (χ0v) is 16.6. The molecule has 1 saturated heterocycles. The van der Waals surface area contributed by atoms with Gasteiger partial charge in [0.15, 0.2) is 5.78 Å².